The van der Waals surface area contributed by atoms with Gasteiger partial charge in [-0.2, -0.15) is 0 Å². The Hall–Kier alpha value is -2.50. The number of hydrogen-bond acceptors (Lipinski definition) is 4. The van der Waals surface area contributed by atoms with Crippen LogP contribution in [-0.4, -0.2) is 32.7 Å². The maximum absolute atomic E-state index is 12.0. The lowest BCUT2D eigenvalue weighted by Gasteiger charge is -2.28. The molecule has 2 amide bonds. The maximum atomic E-state index is 12.0. The SMILES string of the molecule is CCN(C)c1ccc([C@@H]2NC(=O)NC(C)=C2C(=O)OC)cc1. The summed E-state index contributed by atoms with van der Waals surface area (Å²) in [7, 11) is 3.33. The molecule has 0 aliphatic carbocycles. The van der Waals surface area contributed by atoms with E-state index in [1.807, 2.05) is 31.3 Å². The molecule has 2 rings (SSSR count). The van der Waals surface area contributed by atoms with Gasteiger partial charge in [-0.1, -0.05) is 12.1 Å². The van der Waals surface area contributed by atoms with Crippen LogP contribution in [0.15, 0.2) is 35.5 Å². The molecule has 0 aromatic heterocycles. The number of ether oxygens (including phenoxy) is 1. The Morgan fingerprint density at radius 2 is 1.95 bits per heavy atom. The molecule has 0 bridgehead atoms. The summed E-state index contributed by atoms with van der Waals surface area (Å²) in [5, 5.41) is 5.37. The van der Waals surface area contributed by atoms with Gasteiger partial charge in [-0.15, -0.1) is 0 Å². The van der Waals surface area contributed by atoms with Crippen LogP contribution >= 0.6 is 0 Å². The average molecular weight is 303 g/mol. The van der Waals surface area contributed by atoms with E-state index in [0.29, 0.717) is 11.3 Å². The number of carbonyl (C=O) groups is 2. The zero-order chi connectivity index (χ0) is 16.3. The molecule has 0 saturated carbocycles. The minimum absolute atomic E-state index is 0.329. The number of anilines is 1. The molecule has 118 valence electrons. The molecule has 0 unspecified atom stereocenters. The third kappa shape index (κ3) is 3.05. The fraction of sp³-hybridized carbons (Fsp3) is 0.375. The Morgan fingerprint density at radius 1 is 1.32 bits per heavy atom. The number of nitrogens with one attached hydrogen (secondary N) is 2. The number of carbonyl (C=O) groups excluding carboxylic acids is 2. The van der Waals surface area contributed by atoms with Gasteiger partial charge in [0, 0.05) is 25.0 Å². The van der Waals surface area contributed by atoms with Crippen LogP contribution in [0.5, 0.6) is 0 Å². The van der Waals surface area contributed by atoms with Gasteiger partial charge < -0.3 is 20.3 Å². The molecule has 1 aromatic rings. The summed E-state index contributed by atoms with van der Waals surface area (Å²) < 4.78 is 4.83. The minimum atomic E-state index is -0.512. The summed E-state index contributed by atoms with van der Waals surface area (Å²) in [6.07, 6.45) is 0. The molecule has 1 aliphatic heterocycles. The van der Waals surface area contributed by atoms with Gasteiger partial charge in [-0.05, 0) is 31.5 Å². The number of amides is 2. The number of esters is 1. The van der Waals surface area contributed by atoms with E-state index in [-0.39, 0.29) is 6.03 Å². The van der Waals surface area contributed by atoms with Crippen LogP contribution in [0.2, 0.25) is 0 Å². The van der Waals surface area contributed by atoms with Crippen molar-refractivity contribution in [2.75, 3.05) is 25.6 Å². The maximum Gasteiger partial charge on any atom is 0.337 e. The highest BCUT2D eigenvalue weighted by atomic mass is 16.5. The molecule has 6 nitrogen and oxygen atoms in total. The van der Waals surface area contributed by atoms with Gasteiger partial charge in [0.15, 0.2) is 0 Å². The predicted octanol–water partition coefficient (Wildman–Crippen LogP) is 1.94. The summed E-state index contributed by atoms with van der Waals surface area (Å²) >= 11 is 0. The molecular weight excluding hydrogens is 282 g/mol. The van der Waals surface area contributed by atoms with Crippen LogP contribution < -0.4 is 15.5 Å². The second-order valence-electron chi connectivity index (χ2n) is 5.17. The number of urea groups is 1. The molecule has 1 aromatic carbocycles. The van der Waals surface area contributed by atoms with E-state index < -0.39 is 12.0 Å². The van der Waals surface area contributed by atoms with Crippen molar-refractivity contribution in [1.82, 2.24) is 10.6 Å². The molecule has 1 aliphatic rings. The van der Waals surface area contributed by atoms with E-state index in [4.69, 9.17) is 4.74 Å². The van der Waals surface area contributed by atoms with E-state index in [9.17, 15) is 9.59 Å². The average Bonchev–Trinajstić information content (AvgIpc) is 2.53. The molecular formula is C16H21N3O3. The Labute approximate surface area is 130 Å². The van der Waals surface area contributed by atoms with E-state index in [0.717, 1.165) is 17.8 Å². The molecule has 0 spiro atoms. The monoisotopic (exact) mass is 303 g/mol. The molecule has 22 heavy (non-hydrogen) atoms. The highest BCUT2D eigenvalue weighted by Gasteiger charge is 2.31. The summed E-state index contributed by atoms with van der Waals surface area (Å²) in [5.41, 5.74) is 2.84. The Bertz CT molecular complexity index is 608. The summed E-state index contributed by atoms with van der Waals surface area (Å²) in [6.45, 7) is 4.66. The van der Waals surface area contributed by atoms with Crippen molar-refractivity contribution < 1.29 is 14.3 Å². The standard InChI is InChI=1S/C16H21N3O3/c1-5-19(3)12-8-6-11(7-9-12)14-13(15(20)22-4)10(2)17-16(21)18-14/h6-9,14H,5H2,1-4H3,(H2,17,18,21)/t14-/m0/s1. The van der Waals surface area contributed by atoms with E-state index in [1.165, 1.54) is 7.11 Å². The molecule has 0 fully saturated rings. The number of rotatable bonds is 4. The molecule has 1 heterocycles. The fourth-order valence-electron chi connectivity index (χ4n) is 2.43. The van der Waals surface area contributed by atoms with Gasteiger partial charge in [-0.3, -0.25) is 0 Å². The second kappa shape index (κ2) is 6.51. The largest absolute Gasteiger partial charge is 0.466 e. The first-order valence-electron chi connectivity index (χ1n) is 7.15. The van der Waals surface area contributed by atoms with E-state index in [2.05, 4.69) is 22.5 Å². The fourth-order valence-corrected chi connectivity index (χ4v) is 2.43. The van der Waals surface area contributed by atoms with Crippen molar-refractivity contribution in [2.45, 2.75) is 19.9 Å². The van der Waals surface area contributed by atoms with Crippen LogP contribution in [0.3, 0.4) is 0 Å². The van der Waals surface area contributed by atoms with Gasteiger partial charge in [-0.25, -0.2) is 9.59 Å². The third-order valence-corrected chi connectivity index (χ3v) is 3.82. The minimum Gasteiger partial charge on any atom is -0.466 e. The number of hydrogen-bond donors (Lipinski definition) is 2. The smallest absolute Gasteiger partial charge is 0.337 e. The van der Waals surface area contributed by atoms with E-state index >= 15 is 0 Å². The lowest BCUT2D eigenvalue weighted by molar-refractivity contribution is -0.136. The Kier molecular flexibility index (Phi) is 4.70. The Morgan fingerprint density at radius 3 is 2.50 bits per heavy atom. The third-order valence-electron chi connectivity index (χ3n) is 3.82. The van der Waals surface area contributed by atoms with Crippen LogP contribution in [-0.2, 0) is 9.53 Å². The van der Waals surface area contributed by atoms with E-state index in [1.54, 1.807) is 6.92 Å². The van der Waals surface area contributed by atoms with Crippen LogP contribution in [0.1, 0.15) is 25.5 Å². The molecule has 0 saturated heterocycles. The molecule has 6 heteroatoms. The van der Waals surface area contributed by atoms with Crippen molar-refractivity contribution in [3.63, 3.8) is 0 Å². The van der Waals surface area contributed by atoms with Gasteiger partial charge >= 0.3 is 12.0 Å². The summed E-state index contributed by atoms with van der Waals surface area (Å²) in [4.78, 5) is 25.8. The number of benzene rings is 1. The second-order valence-corrected chi connectivity index (χ2v) is 5.17. The number of methoxy groups -OCH3 is 1. The van der Waals surface area contributed by atoms with Gasteiger partial charge in [0.25, 0.3) is 0 Å². The predicted molar refractivity (Wildman–Crippen MR) is 84.5 cm³/mol. The normalized spacial score (nSPS) is 17.6. The van der Waals surface area contributed by atoms with Crippen molar-refractivity contribution >= 4 is 17.7 Å². The Balaban J connectivity index is 2.38. The van der Waals surface area contributed by atoms with Crippen LogP contribution in [0.25, 0.3) is 0 Å². The van der Waals surface area contributed by atoms with Gasteiger partial charge in [0.2, 0.25) is 0 Å². The first-order chi connectivity index (χ1) is 10.5. The first-order valence-corrected chi connectivity index (χ1v) is 7.15. The van der Waals surface area contributed by atoms with Crippen molar-refractivity contribution in [1.29, 1.82) is 0 Å². The molecule has 2 N–H and O–H groups in total. The summed E-state index contributed by atoms with van der Waals surface area (Å²) in [5.74, 6) is -0.454. The van der Waals surface area contributed by atoms with Gasteiger partial charge in [0.05, 0.1) is 18.7 Å². The zero-order valence-corrected chi connectivity index (χ0v) is 13.3. The van der Waals surface area contributed by atoms with Crippen molar-refractivity contribution in [2.24, 2.45) is 0 Å². The quantitative estimate of drug-likeness (QED) is 0.834. The zero-order valence-electron chi connectivity index (χ0n) is 13.3. The van der Waals surface area contributed by atoms with Crippen LogP contribution in [0.4, 0.5) is 10.5 Å². The lowest BCUT2D eigenvalue weighted by atomic mass is 9.95. The van der Waals surface area contributed by atoms with Crippen LogP contribution in [0, 0.1) is 0 Å². The lowest BCUT2D eigenvalue weighted by Crippen LogP contribution is -2.45. The molecule has 1 atom stereocenters. The van der Waals surface area contributed by atoms with Crippen molar-refractivity contribution in [3.8, 4) is 0 Å². The highest BCUT2D eigenvalue weighted by Crippen LogP contribution is 2.28. The van der Waals surface area contributed by atoms with Gasteiger partial charge in [0.1, 0.15) is 0 Å². The number of nitrogens with zero attached hydrogens (tertiary/aromatic N) is 1. The first kappa shape index (κ1) is 15.9. The number of allylic oxidation sites excluding steroid dienone is 1. The highest BCUT2D eigenvalue weighted by molar-refractivity contribution is 5.94. The molecule has 0 radical (unpaired) electrons. The topological polar surface area (TPSA) is 70.7 Å². The summed E-state index contributed by atoms with van der Waals surface area (Å²) in [6, 6.07) is 6.92. The van der Waals surface area contributed by atoms with Crippen molar-refractivity contribution in [3.05, 3.63) is 41.1 Å².